The molecular formula is C10H14INO8P2. The number of carbonyl (C=O) groups is 1. The SMILES string of the molecule is O=C(NCCC(O)(P(=O)(O)O)P(=O)(O)O)c1cccc(I)c1. The lowest BCUT2D eigenvalue weighted by molar-refractivity contribution is 0.0926. The first kappa shape index (κ1) is 19.7. The third kappa shape index (κ3) is 4.59. The number of rotatable bonds is 6. The minimum atomic E-state index is -5.51. The Morgan fingerprint density at radius 2 is 1.73 bits per heavy atom. The summed E-state index contributed by atoms with van der Waals surface area (Å²) in [7, 11) is -11.0. The molecule has 124 valence electrons. The highest BCUT2D eigenvalue weighted by Crippen LogP contribution is 2.68. The van der Waals surface area contributed by atoms with Crippen LogP contribution in [0.4, 0.5) is 0 Å². The summed E-state index contributed by atoms with van der Waals surface area (Å²) in [6, 6.07) is 6.42. The van der Waals surface area contributed by atoms with Crippen molar-refractivity contribution >= 4 is 43.7 Å². The average Bonchev–Trinajstić information content (AvgIpc) is 2.35. The molecule has 1 rings (SSSR count). The summed E-state index contributed by atoms with van der Waals surface area (Å²) in [6.07, 6.45) is -1.00. The zero-order valence-electron chi connectivity index (χ0n) is 11.0. The molecule has 9 nitrogen and oxygen atoms in total. The number of hydrogen-bond donors (Lipinski definition) is 6. The van der Waals surface area contributed by atoms with Gasteiger partial charge in [-0.3, -0.25) is 13.9 Å². The topological polar surface area (TPSA) is 164 Å². The van der Waals surface area contributed by atoms with Crippen LogP contribution in [-0.4, -0.2) is 42.2 Å². The second-order valence-corrected chi connectivity index (χ2v) is 9.63. The third-order valence-electron chi connectivity index (χ3n) is 2.77. The van der Waals surface area contributed by atoms with Crippen LogP contribution < -0.4 is 5.32 Å². The van der Waals surface area contributed by atoms with Crippen molar-refractivity contribution in [3.05, 3.63) is 33.4 Å². The van der Waals surface area contributed by atoms with Crippen LogP contribution in [0, 0.1) is 3.57 Å². The van der Waals surface area contributed by atoms with Crippen molar-refractivity contribution in [3.63, 3.8) is 0 Å². The number of carbonyl (C=O) groups excluding carboxylic acids is 1. The van der Waals surface area contributed by atoms with Crippen LogP contribution in [0.1, 0.15) is 16.8 Å². The Bertz CT molecular complexity index is 632. The molecule has 1 amide bonds. The molecule has 1 aromatic rings. The van der Waals surface area contributed by atoms with Crippen molar-refractivity contribution in [1.29, 1.82) is 0 Å². The van der Waals surface area contributed by atoms with Gasteiger partial charge in [0.1, 0.15) is 0 Å². The smallest absolute Gasteiger partial charge is 0.367 e. The van der Waals surface area contributed by atoms with Gasteiger partial charge in [-0.2, -0.15) is 0 Å². The molecule has 0 aliphatic rings. The lowest BCUT2D eigenvalue weighted by Crippen LogP contribution is -2.35. The summed E-state index contributed by atoms with van der Waals surface area (Å²) < 4.78 is 23.0. The Hall–Kier alpha value is -0.320. The molecule has 0 spiro atoms. The van der Waals surface area contributed by atoms with E-state index in [0.717, 1.165) is 3.57 Å². The van der Waals surface area contributed by atoms with Crippen LogP contribution >= 0.6 is 37.8 Å². The fourth-order valence-electron chi connectivity index (χ4n) is 1.54. The summed E-state index contributed by atoms with van der Waals surface area (Å²) in [4.78, 5) is 47.6. The second kappa shape index (κ2) is 7.06. The van der Waals surface area contributed by atoms with Gasteiger partial charge in [0.05, 0.1) is 0 Å². The zero-order valence-corrected chi connectivity index (χ0v) is 14.9. The maximum Gasteiger partial charge on any atom is 0.369 e. The van der Waals surface area contributed by atoms with E-state index in [1.54, 1.807) is 18.2 Å². The first-order chi connectivity index (χ1) is 9.88. The molecule has 0 bridgehead atoms. The monoisotopic (exact) mass is 465 g/mol. The van der Waals surface area contributed by atoms with Crippen LogP contribution in [0.15, 0.2) is 24.3 Å². The molecule has 0 saturated carbocycles. The van der Waals surface area contributed by atoms with E-state index in [1.807, 2.05) is 22.6 Å². The molecule has 0 saturated heterocycles. The second-order valence-electron chi connectivity index (χ2n) is 4.38. The Labute approximate surface area is 139 Å². The predicted molar refractivity (Wildman–Crippen MR) is 85.1 cm³/mol. The Morgan fingerprint density at radius 3 is 2.18 bits per heavy atom. The van der Waals surface area contributed by atoms with Crippen molar-refractivity contribution in [3.8, 4) is 0 Å². The number of nitrogens with one attached hydrogen (secondary N) is 1. The van der Waals surface area contributed by atoms with Gasteiger partial charge in [-0.05, 0) is 40.8 Å². The maximum absolute atomic E-state index is 11.8. The van der Waals surface area contributed by atoms with E-state index in [9.17, 15) is 19.0 Å². The van der Waals surface area contributed by atoms with E-state index < -0.39 is 39.1 Å². The van der Waals surface area contributed by atoms with E-state index in [1.165, 1.54) is 6.07 Å². The first-order valence-corrected chi connectivity index (χ1v) is 10.1. The van der Waals surface area contributed by atoms with Crippen molar-refractivity contribution in [2.75, 3.05) is 6.54 Å². The Kier molecular flexibility index (Phi) is 6.33. The Morgan fingerprint density at radius 1 is 1.18 bits per heavy atom. The quantitative estimate of drug-likeness (QED) is 0.260. The van der Waals surface area contributed by atoms with Gasteiger partial charge < -0.3 is 30.0 Å². The highest BCUT2D eigenvalue weighted by atomic mass is 127. The van der Waals surface area contributed by atoms with Crippen molar-refractivity contribution < 1.29 is 38.6 Å². The van der Waals surface area contributed by atoms with E-state index in [0.29, 0.717) is 0 Å². The molecule has 0 aliphatic carbocycles. The first-order valence-electron chi connectivity index (χ1n) is 5.76. The number of amides is 1. The van der Waals surface area contributed by atoms with Gasteiger partial charge in [0.25, 0.3) is 11.0 Å². The van der Waals surface area contributed by atoms with Gasteiger partial charge in [-0.1, -0.05) is 6.07 Å². The average molecular weight is 465 g/mol. The van der Waals surface area contributed by atoms with Gasteiger partial charge >= 0.3 is 15.2 Å². The van der Waals surface area contributed by atoms with Gasteiger partial charge in [-0.15, -0.1) is 0 Å². The fraction of sp³-hybridized carbons (Fsp3) is 0.300. The molecule has 1 aromatic carbocycles. The molecule has 0 unspecified atom stereocenters. The lowest BCUT2D eigenvalue weighted by atomic mass is 10.2. The molecule has 0 aliphatic heterocycles. The van der Waals surface area contributed by atoms with Gasteiger partial charge in [0.15, 0.2) is 0 Å². The standard InChI is InChI=1S/C10H14INO8P2/c11-8-3-1-2-7(6-8)9(13)12-5-4-10(14,21(15,16)17)22(18,19)20/h1-3,6,14H,4-5H2,(H,12,13)(H2,15,16,17)(H2,18,19,20). The van der Waals surface area contributed by atoms with Crippen molar-refractivity contribution in [1.82, 2.24) is 5.32 Å². The molecule has 22 heavy (non-hydrogen) atoms. The number of hydrogen-bond acceptors (Lipinski definition) is 4. The van der Waals surface area contributed by atoms with E-state index in [2.05, 4.69) is 5.32 Å². The molecule has 6 N–H and O–H groups in total. The van der Waals surface area contributed by atoms with Crippen molar-refractivity contribution in [2.45, 2.75) is 11.5 Å². The summed E-state index contributed by atoms with van der Waals surface area (Å²) in [5, 5.41) is 8.34. The third-order valence-corrected chi connectivity index (χ3v) is 7.31. The van der Waals surface area contributed by atoms with Crippen LogP contribution in [-0.2, 0) is 9.13 Å². The number of benzene rings is 1. The fourth-order valence-corrected chi connectivity index (χ4v) is 4.24. The highest BCUT2D eigenvalue weighted by molar-refractivity contribution is 14.1. The Balaban J connectivity index is 2.78. The van der Waals surface area contributed by atoms with Gasteiger partial charge in [0.2, 0.25) is 0 Å². The van der Waals surface area contributed by atoms with E-state index in [4.69, 9.17) is 19.6 Å². The maximum atomic E-state index is 11.8. The van der Waals surface area contributed by atoms with Crippen LogP contribution in [0.25, 0.3) is 0 Å². The largest absolute Gasteiger partial charge is 0.369 e. The highest BCUT2D eigenvalue weighted by Gasteiger charge is 2.58. The van der Waals surface area contributed by atoms with Gasteiger partial charge in [0, 0.05) is 22.1 Å². The summed E-state index contributed by atoms with van der Waals surface area (Å²) in [6.45, 7) is -0.531. The minimum Gasteiger partial charge on any atom is -0.367 e. The molecule has 0 heterocycles. The normalized spacial score (nSPS) is 13.0. The number of halogens is 1. The summed E-state index contributed by atoms with van der Waals surface area (Å²) in [5.41, 5.74) is 0.266. The van der Waals surface area contributed by atoms with Crippen LogP contribution in [0.3, 0.4) is 0 Å². The van der Waals surface area contributed by atoms with Gasteiger partial charge in [-0.25, -0.2) is 0 Å². The molecular weight excluding hydrogens is 451 g/mol. The molecule has 0 radical (unpaired) electrons. The minimum absolute atomic E-state index is 0.266. The summed E-state index contributed by atoms with van der Waals surface area (Å²) >= 11 is 1.98. The molecule has 12 heteroatoms. The van der Waals surface area contributed by atoms with E-state index >= 15 is 0 Å². The lowest BCUT2D eigenvalue weighted by Gasteiger charge is -2.29. The summed E-state index contributed by atoms with van der Waals surface area (Å²) in [5.74, 6) is -0.600. The zero-order chi connectivity index (χ0) is 17.2. The molecule has 0 fully saturated rings. The van der Waals surface area contributed by atoms with Crippen molar-refractivity contribution in [2.24, 2.45) is 0 Å². The van der Waals surface area contributed by atoms with E-state index in [-0.39, 0.29) is 5.56 Å². The van der Waals surface area contributed by atoms with Crippen LogP contribution in [0.2, 0.25) is 0 Å². The molecule has 0 atom stereocenters. The number of aliphatic hydroxyl groups is 1. The molecule has 0 aromatic heterocycles. The predicted octanol–water partition coefficient (Wildman–Crippen LogP) is 0.413. The van der Waals surface area contributed by atoms with Crippen LogP contribution in [0.5, 0.6) is 0 Å².